The number of carbonyl (C=O) groups excluding carboxylic acids is 1. The van der Waals surface area contributed by atoms with E-state index in [9.17, 15) is 14.4 Å². The molecule has 0 aliphatic carbocycles. The van der Waals surface area contributed by atoms with Gasteiger partial charge in [-0.25, -0.2) is 9.36 Å². The number of aromatic nitrogens is 4. The summed E-state index contributed by atoms with van der Waals surface area (Å²) in [6, 6.07) is 26.0. The van der Waals surface area contributed by atoms with Crippen molar-refractivity contribution in [1.82, 2.24) is 19.1 Å². The molecule has 0 atom stereocenters. The average Bonchev–Trinajstić information content (AvgIpc) is 3.08. The Kier molecular flexibility index (Phi) is 5.62. The first-order chi connectivity index (χ1) is 16.9. The quantitative estimate of drug-likeness (QED) is 0.430. The Bertz CT molecular complexity index is 1670. The molecule has 35 heavy (non-hydrogen) atoms. The van der Waals surface area contributed by atoms with Gasteiger partial charge in [0.25, 0.3) is 11.1 Å². The molecule has 2 heterocycles. The van der Waals surface area contributed by atoms with E-state index in [1.54, 1.807) is 24.7 Å². The summed E-state index contributed by atoms with van der Waals surface area (Å²) >= 11 is 0. The molecule has 0 fully saturated rings. The summed E-state index contributed by atoms with van der Waals surface area (Å²) in [4.78, 5) is 38.4. The lowest BCUT2D eigenvalue weighted by atomic mass is 10.0. The second-order valence-electron chi connectivity index (χ2n) is 8.23. The molecule has 0 saturated carbocycles. The molecule has 0 aliphatic rings. The number of nitrogens with one attached hydrogen (secondary N) is 1. The zero-order valence-electron chi connectivity index (χ0n) is 19.3. The van der Waals surface area contributed by atoms with Crippen molar-refractivity contribution in [2.75, 3.05) is 5.32 Å². The van der Waals surface area contributed by atoms with Gasteiger partial charge in [-0.1, -0.05) is 60.7 Å². The molecule has 1 N–H and O–H groups in total. The van der Waals surface area contributed by atoms with E-state index < -0.39 is 11.5 Å². The number of fused-ring (bicyclic) bond motifs is 1. The van der Waals surface area contributed by atoms with Gasteiger partial charge < -0.3 is 5.32 Å². The standard InChI is InChI=1S/C27H23N5O3/c1-18-26(27(35)32(30(18)2)20-11-4-3-5-12-20)28-24(33)17-31-25(34)16-15-23(29-31)22-14-8-10-19-9-6-7-13-21(19)22/h3-16H,17H2,1-2H3,(H,28,33). The van der Waals surface area contributed by atoms with Crippen molar-refractivity contribution in [2.45, 2.75) is 13.5 Å². The maximum absolute atomic E-state index is 13.1. The van der Waals surface area contributed by atoms with Crippen LogP contribution >= 0.6 is 0 Å². The number of anilines is 1. The number of rotatable bonds is 5. The minimum absolute atomic E-state index is 0.166. The highest BCUT2D eigenvalue weighted by atomic mass is 16.2. The van der Waals surface area contributed by atoms with Gasteiger partial charge in [0.2, 0.25) is 5.91 Å². The van der Waals surface area contributed by atoms with E-state index in [-0.39, 0.29) is 17.8 Å². The van der Waals surface area contributed by atoms with Gasteiger partial charge in [-0.3, -0.25) is 19.1 Å². The van der Waals surface area contributed by atoms with E-state index in [1.807, 2.05) is 72.8 Å². The number of benzene rings is 3. The van der Waals surface area contributed by atoms with E-state index in [0.717, 1.165) is 21.0 Å². The summed E-state index contributed by atoms with van der Waals surface area (Å²) in [5, 5.41) is 9.18. The normalized spacial score (nSPS) is 11.0. The van der Waals surface area contributed by atoms with Gasteiger partial charge in [0, 0.05) is 18.7 Å². The van der Waals surface area contributed by atoms with E-state index in [0.29, 0.717) is 17.1 Å². The smallest absolute Gasteiger partial charge is 0.295 e. The highest BCUT2D eigenvalue weighted by Gasteiger charge is 2.19. The van der Waals surface area contributed by atoms with Crippen LogP contribution in [-0.4, -0.2) is 25.1 Å². The molecule has 0 radical (unpaired) electrons. The highest BCUT2D eigenvalue weighted by molar-refractivity contribution is 5.95. The van der Waals surface area contributed by atoms with Gasteiger partial charge in [-0.2, -0.15) is 5.10 Å². The third-order valence-corrected chi connectivity index (χ3v) is 6.04. The number of nitrogens with zero attached hydrogens (tertiary/aromatic N) is 4. The summed E-state index contributed by atoms with van der Waals surface area (Å²) in [5.41, 5.74) is 2.13. The summed E-state index contributed by atoms with van der Waals surface area (Å²) < 4.78 is 4.27. The Hall–Kier alpha value is -4.72. The van der Waals surface area contributed by atoms with Gasteiger partial charge in [-0.05, 0) is 35.9 Å². The highest BCUT2D eigenvalue weighted by Crippen LogP contribution is 2.26. The lowest BCUT2D eigenvalue weighted by molar-refractivity contribution is -0.117. The zero-order chi connectivity index (χ0) is 24.5. The predicted molar refractivity (Wildman–Crippen MR) is 136 cm³/mol. The van der Waals surface area contributed by atoms with Gasteiger partial charge in [0.1, 0.15) is 12.2 Å². The summed E-state index contributed by atoms with van der Waals surface area (Å²) in [6.07, 6.45) is 0. The minimum Gasteiger partial charge on any atom is -0.318 e. The third-order valence-electron chi connectivity index (χ3n) is 6.04. The maximum Gasteiger partial charge on any atom is 0.295 e. The fourth-order valence-corrected chi connectivity index (χ4v) is 4.18. The largest absolute Gasteiger partial charge is 0.318 e. The molecule has 0 spiro atoms. The van der Waals surface area contributed by atoms with Crippen LogP contribution in [0.3, 0.4) is 0 Å². The Labute approximate surface area is 200 Å². The molecular formula is C27H23N5O3. The molecule has 5 rings (SSSR count). The van der Waals surface area contributed by atoms with Crippen LogP contribution in [0, 0.1) is 6.92 Å². The molecule has 2 aromatic heterocycles. The number of hydrogen-bond acceptors (Lipinski definition) is 4. The molecule has 0 bridgehead atoms. The van der Waals surface area contributed by atoms with Crippen molar-refractivity contribution in [1.29, 1.82) is 0 Å². The Balaban J connectivity index is 1.45. The van der Waals surface area contributed by atoms with Crippen LogP contribution in [0.2, 0.25) is 0 Å². The molecule has 8 nitrogen and oxygen atoms in total. The van der Waals surface area contributed by atoms with Crippen molar-refractivity contribution >= 4 is 22.4 Å². The summed E-state index contributed by atoms with van der Waals surface area (Å²) in [7, 11) is 1.75. The van der Waals surface area contributed by atoms with E-state index in [1.165, 1.54) is 10.7 Å². The number of carbonyl (C=O) groups is 1. The van der Waals surface area contributed by atoms with Crippen molar-refractivity contribution in [3.05, 3.63) is 111 Å². The van der Waals surface area contributed by atoms with Gasteiger partial charge in [0.15, 0.2) is 0 Å². The van der Waals surface area contributed by atoms with E-state index in [4.69, 9.17) is 0 Å². The van der Waals surface area contributed by atoms with Crippen LogP contribution < -0.4 is 16.4 Å². The number of hydrogen-bond donors (Lipinski definition) is 1. The Morgan fingerprint density at radius 1 is 0.886 bits per heavy atom. The topological polar surface area (TPSA) is 90.9 Å². The first-order valence-electron chi connectivity index (χ1n) is 11.1. The molecule has 3 aromatic carbocycles. The molecule has 1 amide bonds. The van der Waals surface area contributed by atoms with Crippen LogP contribution in [0.25, 0.3) is 27.7 Å². The molecule has 174 valence electrons. The molecule has 0 aliphatic heterocycles. The molecular weight excluding hydrogens is 442 g/mol. The van der Waals surface area contributed by atoms with Gasteiger partial charge >= 0.3 is 0 Å². The van der Waals surface area contributed by atoms with E-state index in [2.05, 4.69) is 10.4 Å². The minimum atomic E-state index is -0.513. The zero-order valence-corrected chi connectivity index (χ0v) is 19.3. The SMILES string of the molecule is Cc1c(NC(=O)Cn2nc(-c3cccc4ccccc34)ccc2=O)c(=O)n(-c2ccccc2)n1C. The number of amides is 1. The number of para-hydroxylation sites is 1. The van der Waals surface area contributed by atoms with Crippen LogP contribution in [0.4, 0.5) is 5.69 Å². The predicted octanol–water partition coefficient (Wildman–Crippen LogP) is 3.50. The fraction of sp³-hybridized carbons (Fsp3) is 0.111. The van der Waals surface area contributed by atoms with Crippen LogP contribution in [0.5, 0.6) is 0 Å². The monoisotopic (exact) mass is 465 g/mol. The van der Waals surface area contributed by atoms with Crippen LogP contribution in [-0.2, 0) is 18.4 Å². The first kappa shape index (κ1) is 22.1. The van der Waals surface area contributed by atoms with Crippen LogP contribution in [0.15, 0.2) is 94.5 Å². The van der Waals surface area contributed by atoms with Crippen LogP contribution in [0.1, 0.15) is 5.69 Å². The Morgan fingerprint density at radius 3 is 2.40 bits per heavy atom. The Morgan fingerprint density at radius 2 is 1.60 bits per heavy atom. The van der Waals surface area contributed by atoms with Gasteiger partial charge in [-0.15, -0.1) is 0 Å². The van der Waals surface area contributed by atoms with Crippen molar-refractivity contribution in [2.24, 2.45) is 7.05 Å². The second-order valence-corrected chi connectivity index (χ2v) is 8.23. The van der Waals surface area contributed by atoms with Gasteiger partial charge in [0.05, 0.1) is 17.1 Å². The summed E-state index contributed by atoms with van der Waals surface area (Å²) in [6.45, 7) is 1.43. The average molecular weight is 466 g/mol. The van der Waals surface area contributed by atoms with Crippen molar-refractivity contribution < 1.29 is 4.79 Å². The molecule has 0 unspecified atom stereocenters. The summed E-state index contributed by atoms with van der Waals surface area (Å²) in [5.74, 6) is -0.513. The molecule has 5 aromatic rings. The maximum atomic E-state index is 13.1. The fourth-order valence-electron chi connectivity index (χ4n) is 4.18. The van der Waals surface area contributed by atoms with E-state index >= 15 is 0 Å². The molecule has 0 saturated heterocycles. The third kappa shape index (κ3) is 4.06. The molecule has 8 heteroatoms. The second kappa shape index (κ2) is 8.90. The van der Waals surface area contributed by atoms with Crippen molar-refractivity contribution in [3.63, 3.8) is 0 Å². The first-order valence-corrected chi connectivity index (χ1v) is 11.1. The van der Waals surface area contributed by atoms with Crippen molar-refractivity contribution in [3.8, 4) is 16.9 Å². The lowest BCUT2D eigenvalue weighted by Crippen LogP contribution is -2.30. The lowest BCUT2D eigenvalue weighted by Gasteiger charge is -2.09.